The number of amides is 1. The second kappa shape index (κ2) is 5.87. The predicted octanol–water partition coefficient (Wildman–Crippen LogP) is 2.33. The second-order valence-corrected chi connectivity index (χ2v) is 5.83. The van der Waals surface area contributed by atoms with Crippen molar-refractivity contribution in [2.45, 2.75) is 46.0 Å². The van der Waals surface area contributed by atoms with Crippen LogP contribution in [0.1, 0.15) is 46.0 Å². The first-order valence-electron chi connectivity index (χ1n) is 7.34. The van der Waals surface area contributed by atoms with Crippen molar-refractivity contribution in [1.29, 1.82) is 0 Å². The predicted molar refractivity (Wildman–Crippen MR) is 74.4 cm³/mol. The Hall–Kier alpha value is -0.830. The Morgan fingerprint density at radius 2 is 2.17 bits per heavy atom. The molecule has 1 fully saturated rings. The minimum absolute atomic E-state index is 0.0704. The van der Waals surface area contributed by atoms with E-state index in [0.29, 0.717) is 5.91 Å². The smallest absolute Gasteiger partial charge is 0.229 e. The number of hydrogen-bond acceptors (Lipinski definition) is 2. The van der Waals surface area contributed by atoms with Crippen molar-refractivity contribution < 1.29 is 4.79 Å². The zero-order chi connectivity index (χ0) is 13.0. The molecule has 1 N–H and O–H groups in total. The van der Waals surface area contributed by atoms with Crippen molar-refractivity contribution in [3.05, 3.63) is 11.6 Å². The van der Waals surface area contributed by atoms with Crippen LogP contribution in [0.25, 0.3) is 0 Å². The topological polar surface area (TPSA) is 32.3 Å². The molecule has 0 aromatic heterocycles. The first kappa shape index (κ1) is 13.6. The molecule has 1 amide bonds. The van der Waals surface area contributed by atoms with Crippen LogP contribution in [0.3, 0.4) is 0 Å². The summed E-state index contributed by atoms with van der Waals surface area (Å²) < 4.78 is 0. The van der Waals surface area contributed by atoms with Gasteiger partial charge in [0.05, 0.1) is 5.41 Å². The standard InChI is InChI=1S/C15H26N2O/c1-3-6-15(7-9-16-10-8-15)14(18)17-11-4-13(2)5-12-17/h4,16H,3,5-12H2,1-2H3. The van der Waals surface area contributed by atoms with E-state index in [9.17, 15) is 4.79 Å². The van der Waals surface area contributed by atoms with Gasteiger partial charge in [0.1, 0.15) is 0 Å². The number of nitrogens with zero attached hydrogens (tertiary/aromatic N) is 1. The van der Waals surface area contributed by atoms with Gasteiger partial charge in [0.2, 0.25) is 5.91 Å². The molecule has 0 atom stereocenters. The van der Waals surface area contributed by atoms with Gasteiger partial charge in [-0.2, -0.15) is 0 Å². The quantitative estimate of drug-likeness (QED) is 0.780. The van der Waals surface area contributed by atoms with Crippen molar-refractivity contribution in [1.82, 2.24) is 10.2 Å². The van der Waals surface area contributed by atoms with E-state index in [1.54, 1.807) is 0 Å². The minimum Gasteiger partial charge on any atom is -0.338 e. The van der Waals surface area contributed by atoms with E-state index >= 15 is 0 Å². The Morgan fingerprint density at radius 1 is 1.44 bits per heavy atom. The van der Waals surface area contributed by atoms with Gasteiger partial charge in [0.15, 0.2) is 0 Å². The first-order chi connectivity index (χ1) is 8.68. The SMILES string of the molecule is CCCC1(C(=O)N2CC=C(C)CC2)CCNCC1. The van der Waals surface area contributed by atoms with Gasteiger partial charge >= 0.3 is 0 Å². The fraction of sp³-hybridized carbons (Fsp3) is 0.800. The van der Waals surface area contributed by atoms with Crippen LogP contribution in [0, 0.1) is 5.41 Å². The molecule has 0 bridgehead atoms. The lowest BCUT2D eigenvalue weighted by Gasteiger charge is -2.41. The molecular weight excluding hydrogens is 224 g/mol. The summed E-state index contributed by atoms with van der Waals surface area (Å²) in [7, 11) is 0. The highest BCUT2D eigenvalue weighted by atomic mass is 16.2. The lowest BCUT2D eigenvalue weighted by atomic mass is 9.74. The molecule has 0 spiro atoms. The van der Waals surface area contributed by atoms with E-state index in [1.165, 1.54) is 5.57 Å². The summed E-state index contributed by atoms with van der Waals surface area (Å²) in [5.74, 6) is 0.412. The maximum Gasteiger partial charge on any atom is 0.229 e. The molecule has 0 aromatic carbocycles. The maximum atomic E-state index is 12.8. The Kier molecular flexibility index (Phi) is 4.44. The fourth-order valence-electron chi connectivity index (χ4n) is 3.25. The molecule has 0 aromatic rings. The van der Waals surface area contributed by atoms with Crippen LogP contribution < -0.4 is 5.32 Å². The van der Waals surface area contributed by atoms with Crippen LogP contribution in [0.15, 0.2) is 11.6 Å². The van der Waals surface area contributed by atoms with Gasteiger partial charge in [0, 0.05) is 13.1 Å². The van der Waals surface area contributed by atoms with Gasteiger partial charge in [0.25, 0.3) is 0 Å². The molecule has 1 saturated heterocycles. The summed E-state index contributed by atoms with van der Waals surface area (Å²) in [6, 6.07) is 0. The van der Waals surface area contributed by atoms with E-state index in [1.807, 2.05) is 0 Å². The Balaban J connectivity index is 2.08. The molecule has 0 aliphatic carbocycles. The molecular formula is C15H26N2O. The van der Waals surface area contributed by atoms with Crippen molar-refractivity contribution >= 4 is 5.91 Å². The lowest BCUT2D eigenvalue weighted by molar-refractivity contribution is -0.144. The first-order valence-corrected chi connectivity index (χ1v) is 7.34. The number of carbonyl (C=O) groups excluding carboxylic acids is 1. The van der Waals surface area contributed by atoms with Gasteiger partial charge in [-0.1, -0.05) is 25.0 Å². The zero-order valence-corrected chi connectivity index (χ0v) is 11.8. The van der Waals surface area contributed by atoms with E-state index in [4.69, 9.17) is 0 Å². The van der Waals surface area contributed by atoms with Crippen molar-refractivity contribution in [2.75, 3.05) is 26.2 Å². The molecule has 2 rings (SSSR count). The summed E-state index contributed by atoms with van der Waals surface area (Å²) in [4.78, 5) is 14.9. The van der Waals surface area contributed by atoms with Gasteiger partial charge < -0.3 is 10.2 Å². The second-order valence-electron chi connectivity index (χ2n) is 5.83. The number of carbonyl (C=O) groups is 1. The van der Waals surface area contributed by atoms with Crippen molar-refractivity contribution in [3.63, 3.8) is 0 Å². The summed E-state index contributed by atoms with van der Waals surface area (Å²) in [6.45, 7) is 8.08. The average Bonchev–Trinajstić information content (AvgIpc) is 2.40. The summed E-state index contributed by atoms with van der Waals surface area (Å²) >= 11 is 0. The fourth-order valence-corrected chi connectivity index (χ4v) is 3.25. The van der Waals surface area contributed by atoms with E-state index in [2.05, 4.69) is 30.1 Å². The summed E-state index contributed by atoms with van der Waals surface area (Å²) in [5, 5.41) is 3.38. The normalized spacial score (nSPS) is 23.7. The van der Waals surface area contributed by atoms with Crippen LogP contribution in [0.5, 0.6) is 0 Å². The highest BCUT2D eigenvalue weighted by molar-refractivity contribution is 5.83. The van der Waals surface area contributed by atoms with E-state index in [0.717, 1.165) is 58.3 Å². The Labute approximate surface area is 111 Å². The molecule has 2 heterocycles. The highest BCUT2D eigenvalue weighted by Crippen LogP contribution is 2.36. The van der Waals surface area contributed by atoms with E-state index < -0.39 is 0 Å². The van der Waals surface area contributed by atoms with Crippen LogP contribution in [-0.4, -0.2) is 37.0 Å². The Bertz CT molecular complexity index is 324. The summed E-state index contributed by atoms with van der Waals surface area (Å²) in [5.41, 5.74) is 1.35. The van der Waals surface area contributed by atoms with Crippen LogP contribution in [0.4, 0.5) is 0 Å². The molecule has 3 heteroatoms. The molecule has 0 saturated carbocycles. The highest BCUT2D eigenvalue weighted by Gasteiger charge is 2.41. The summed E-state index contributed by atoms with van der Waals surface area (Å²) in [6.07, 6.45) is 7.44. The minimum atomic E-state index is -0.0704. The number of nitrogens with one attached hydrogen (secondary N) is 1. The Morgan fingerprint density at radius 3 is 2.72 bits per heavy atom. The maximum absolute atomic E-state index is 12.8. The van der Waals surface area contributed by atoms with Crippen LogP contribution >= 0.6 is 0 Å². The number of hydrogen-bond donors (Lipinski definition) is 1. The van der Waals surface area contributed by atoms with Crippen LogP contribution in [-0.2, 0) is 4.79 Å². The monoisotopic (exact) mass is 250 g/mol. The number of piperidine rings is 1. The molecule has 0 radical (unpaired) electrons. The van der Waals surface area contributed by atoms with Crippen molar-refractivity contribution in [3.8, 4) is 0 Å². The van der Waals surface area contributed by atoms with E-state index in [-0.39, 0.29) is 5.41 Å². The number of rotatable bonds is 3. The largest absolute Gasteiger partial charge is 0.338 e. The molecule has 2 aliphatic heterocycles. The molecule has 0 unspecified atom stereocenters. The molecule has 2 aliphatic rings. The third kappa shape index (κ3) is 2.77. The molecule has 18 heavy (non-hydrogen) atoms. The van der Waals surface area contributed by atoms with Crippen molar-refractivity contribution in [2.24, 2.45) is 5.41 Å². The molecule has 3 nitrogen and oxygen atoms in total. The lowest BCUT2D eigenvalue weighted by Crippen LogP contribution is -2.50. The van der Waals surface area contributed by atoms with Gasteiger partial charge in [-0.05, 0) is 45.7 Å². The van der Waals surface area contributed by atoms with Gasteiger partial charge in [-0.3, -0.25) is 4.79 Å². The third-order valence-electron chi connectivity index (χ3n) is 4.47. The average molecular weight is 250 g/mol. The third-order valence-corrected chi connectivity index (χ3v) is 4.47. The molecule has 102 valence electrons. The van der Waals surface area contributed by atoms with Crippen LogP contribution in [0.2, 0.25) is 0 Å². The van der Waals surface area contributed by atoms with Gasteiger partial charge in [-0.15, -0.1) is 0 Å². The van der Waals surface area contributed by atoms with Gasteiger partial charge in [-0.25, -0.2) is 0 Å². The zero-order valence-electron chi connectivity index (χ0n) is 11.8.